The molecule has 0 atom stereocenters. The minimum absolute atomic E-state index is 0.0246. The van der Waals surface area contributed by atoms with Crippen molar-refractivity contribution in [1.82, 2.24) is 14.3 Å². The molecule has 214 valence electrons. The predicted molar refractivity (Wildman–Crippen MR) is 159 cm³/mol. The molecule has 1 fully saturated rings. The molecule has 2 amide bonds. The Hall–Kier alpha value is -3.28. The minimum atomic E-state index is -1.82. The number of carbonyl (C=O) groups excluding carboxylic acids is 2. The number of amides is 2. The van der Waals surface area contributed by atoms with Crippen molar-refractivity contribution >= 4 is 36.8 Å². The second-order valence-electron chi connectivity index (χ2n) is 11.4. The Balaban J connectivity index is 1.45. The summed E-state index contributed by atoms with van der Waals surface area (Å²) < 4.78 is 22.5. The van der Waals surface area contributed by atoms with Gasteiger partial charge in [-0.05, 0) is 67.9 Å². The summed E-state index contributed by atoms with van der Waals surface area (Å²) in [5.74, 6) is 1.77. The summed E-state index contributed by atoms with van der Waals surface area (Å²) in [6.07, 6.45) is 1.76. The number of benzene rings is 2. The lowest BCUT2D eigenvalue weighted by molar-refractivity contribution is 0.0651. The van der Waals surface area contributed by atoms with Crippen LogP contribution in [0.4, 0.5) is 5.13 Å². The highest BCUT2D eigenvalue weighted by Crippen LogP contribution is 2.36. The topological polar surface area (TPSA) is 103 Å². The number of hydrogen-bond acceptors (Lipinski definition) is 8. The lowest BCUT2D eigenvalue weighted by Crippen LogP contribution is -2.41. The molecule has 1 aliphatic rings. The van der Waals surface area contributed by atoms with Gasteiger partial charge in [-0.15, -0.1) is 0 Å². The highest BCUT2D eigenvalue weighted by molar-refractivity contribution is 7.09. The Morgan fingerprint density at radius 1 is 1.00 bits per heavy atom. The molecular formula is C29H38N4O5SSi. The first kappa shape index (κ1) is 29.7. The van der Waals surface area contributed by atoms with E-state index in [0.29, 0.717) is 52.5 Å². The van der Waals surface area contributed by atoms with Crippen molar-refractivity contribution in [2.45, 2.75) is 58.7 Å². The van der Waals surface area contributed by atoms with Crippen molar-refractivity contribution in [1.29, 1.82) is 0 Å². The van der Waals surface area contributed by atoms with Crippen molar-refractivity contribution in [3.05, 3.63) is 59.4 Å². The maximum Gasteiger partial charge on any atom is 0.257 e. The van der Waals surface area contributed by atoms with E-state index in [9.17, 15) is 9.59 Å². The molecule has 2 heterocycles. The number of nitrogens with zero attached hydrogens (tertiary/aromatic N) is 3. The van der Waals surface area contributed by atoms with Crippen LogP contribution >= 0.6 is 11.5 Å². The van der Waals surface area contributed by atoms with E-state index in [1.165, 1.54) is 0 Å². The number of aryl methyl sites for hydroxylation is 1. The zero-order valence-electron chi connectivity index (χ0n) is 24.1. The smallest absolute Gasteiger partial charge is 0.257 e. The fourth-order valence-corrected chi connectivity index (χ4v) is 5.32. The zero-order chi connectivity index (χ0) is 28.9. The van der Waals surface area contributed by atoms with Crippen molar-refractivity contribution in [3.63, 3.8) is 0 Å². The second-order valence-corrected chi connectivity index (χ2v) is 16.9. The number of nitrogens with one attached hydrogen (secondary N) is 1. The Labute approximate surface area is 241 Å². The van der Waals surface area contributed by atoms with Gasteiger partial charge in [0, 0.05) is 54.8 Å². The van der Waals surface area contributed by atoms with Gasteiger partial charge in [0.1, 0.15) is 23.1 Å². The molecule has 11 heteroatoms. The normalized spacial score (nSPS) is 13.5. The summed E-state index contributed by atoms with van der Waals surface area (Å²) in [6, 6.07) is 12.1. The van der Waals surface area contributed by atoms with Crippen LogP contribution in [0.5, 0.6) is 17.2 Å². The molecule has 0 radical (unpaired) electrons. The molecule has 2 aromatic carbocycles. The maximum absolute atomic E-state index is 13.0. The van der Waals surface area contributed by atoms with Gasteiger partial charge < -0.3 is 18.8 Å². The van der Waals surface area contributed by atoms with Gasteiger partial charge in [-0.2, -0.15) is 4.37 Å². The molecule has 0 bridgehead atoms. The third kappa shape index (κ3) is 7.67. The lowest BCUT2D eigenvalue weighted by Gasteiger charge is -2.36. The van der Waals surface area contributed by atoms with Gasteiger partial charge in [0.2, 0.25) is 5.13 Å². The van der Waals surface area contributed by atoms with E-state index in [1.54, 1.807) is 49.4 Å². The first-order valence-electron chi connectivity index (χ1n) is 13.5. The van der Waals surface area contributed by atoms with Gasteiger partial charge in [-0.3, -0.25) is 14.9 Å². The molecule has 0 spiro atoms. The van der Waals surface area contributed by atoms with Crippen LogP contribution in [-0.4, -0.2) is 60.7 Å². The van der Waals surface area contributed by atoms with Crippen LogP contribution in [0.3, 0.4) is 0 Å². The van der Waals surface area contributed by atoms with E-state index in [0.717, 1.165) is 37.5 Å². The van der Waals surface area contributed by atoms with Gasteiger partial charge in [-0.1, -0.05) is 20.8 Å². The maximum atomic E-state index is 13.0. The van der Waals surface area contributed by atoms with E-state index in [2.05, 4.69) is 48.5 Å². The first-order chi connectivity index (χ1) is 18.9. The van der Waals surface area contributed by atoms with Crippen LogP contribution in [-0.2, 0) is 4.43 Å². The van der Waals surface area contributed by atoms with Gasteiger partial charge in [-0.25, -0.2) is 4.98 Å². The summed E-state index contributed by atoms with van der Waals surface area (Å²) in [6.45, 7) is 15.5. The molecule has 1 aliphatic heterocycles. The molecule has 1 N–H and O–H groups in total. The van der Waals surface area contributed by atoms with Crippen LogP contribution in [0.25, 0.3) is 0 Å². The predicted octanol–water partition coefficient (Wildman–Crippen LogP) is 6.53. The van der Waals surface area contributed by atoms with Crippen LogP contribution in [0.2, 0.25) is 18.1 Å². The third-order valence-corrected chi connectivity index (χ3v) is 12.5. The van der Waals surface area contributed by atoms with Gasteiger partial charge in [0.05, 0.1) is 6.61 Å². The highest BCUT2D eigenvalue weighted by atomic mass is 32.1. The number of carbonyl (C=O) groups is 2. The molecule has 0 unspecified atom stereocenters. The monoisotopic (exact) mass is 582 g/mol. The summed E-state index contributed by atoms with van der Waals surface area (Å²) in [5, 5.41) is 3.35. The Morgan fingerprint density at radius 3 is 2.30 bits per heavy atom. The van der Waals surface area contributed by atoms with Gasteiger partial charge in [0.25, 0.3) is 11.8 Å². The number of likely N-dealkylation sites (tertiary alicyclic amines) is 1. The number of aromatic nitrogens is 2. The van der Waals surface area contributed by atoms with Crippen molar-refractivity contribution < 1.29 is 23.5 Å². The zero-order valence-corrected chi connectivity index (χ0v) is 25.9. The van der Waals surface area contributed by atoms with E-state index < -0.39 is 8.32 Å². The number of rotatable bonds is 11. The minimum Gasteiger partial charge on any atom is -0.493 e. The Bertz CT molecular complexity index is 1330. The fourth-order valence-electron chi connectivity index (χ4n) is 3.66. The van der Waals surface area contributed by atoms with Gasteiger partial charge >= 0.3 is 0 Å². The summed E-state index contributed by atoms with van der Waals surface area (Å²) in [4.78, 5) is 31.5. The lowest BCUT2D eigenvalue weighted by atomic mass is 10.1. The van der Waals surface area contributed by atoms with E-state index >= 15 is 0 Å². The molecule has 0 saturated carbocycles. The van der Waals surface area contributed by atoms with E-state index in [-0.39, 0.29) is 16.9 Å². The number of hydrogen-bond donors (Lipinski definition) is 1. The number of anilines is 1. The fraction of sp³-hybridized carbons (Fsp3) is 0.448. The molecule has 40 heavy (non-hydrogen) atoms. The van der Waals surface area contributed by atoms with E-state index in [1.807, 2.05) is 4.90 Å². The first-order valence-corrected chi connectivity index (χ1v) is 17.2. The summed E-state index contributed by atoms with van der Waals surface area (Å²) in [7, 11) is -1.82. The second kappa shape index (κ2) is 12.5. The molecule has 0 aliphatic carbocycles. The molecule has 1 aromatic heterocycles. The van der Waals surface area contributed by atoms with Crippen molar-refractivity contribution in [2.75, 3.05) is 31.6 Å². The number of ether oxygens (including phenoxy) is 2. The van der Waals surface area contributed by atoms with E-state index in [4.69, 9.17) is 13.9 Å². The van der Waals surface area contributed by atoms with Crippen LogP contribution in [0, 0.1) is 6.92 Å². The molecule has 1 saturated heterocycles. The SMILES string of the molecule is Cc1nsc(NC(=O)c2cc(OCCCO[Si](C)(C)C(C)(C)C)cc(Oc3ccc(C(=O)N4CCC4)cc3)c2)n1. The molecule has 3 aromatic rings. The molecule has 9 nitrogen and oxygen atoms in total. The van der Waals surface area contributed by atoms with Crippen molar-refractivity contribution in [2.24, 2.45) is 0 Å². The summed E-state index contributed by atoms with van der Waals surface area (Å²) >= 11 is 1.12. The molecular weight excluding hydrogens is 544 g/mol. The summed E-state index contributed by atoms with van der Waals surface area (Å²) in [5.41, 5.74) is 0.985. The largest absolute Gasteiger partial charge is 0.493 e. The Kier molecular flexibility index (Phi) is 9.27. The average molecular weight is 583 g/mol. The van der Waals surface area contributed by atoms with Gasteiger partial charge in [0.15, 0.2) is 8.32 Å². The van der Waals surface area contributed by atoms with Crippen molar-refractivity contribution in [3.8, 4) is 17.2 Å². The molecule has 4 rings (SSSR count). The standard InChI is InChI=1S/C29H38N4O5SSi/c1-20-30-28(39-32-20)31-26(34)22-17-24(36-15-8-16-37-40(5,6)29(2,3)4)19-25(18-22)38-23-11-9-21(10-12-23)27(35)33-13-7-14-33/h9-12,17-19H,7-8,13-16H2,1-6H3,(H,30,31,32,34). The Morgan fingerprint density at radius 2 is 1.70 bits per heavy atom. The van der Waals surface area contributed by atoms with Crippen LogP contribution in [0.15, 0.2) is 42.5 Å². The third-order valence-electron chi connectivity index (χ3n) is 7.20. The average Bonchev–Trinajstić information content (AvgIpc) is 3.26. The van der Waals surface area contributed by atoms with Crippen LogP contribution < -0.4 is 14.8 Å². The quantitative estimate of drug-likeness (QED) is 0.203. The van der Waals surface area contributed by atoms with Crippen LogP contribution in [0.1, 0.15) is 60.2 Å². The highest BCUT2D eigenvalue weighted by Gasteiger charge is 2.36.